The molecule has 0 spiro atoms. The quantitative estimate of drug-likeness (QED) is 0.620. The summed E-state index contributed by atoms with van der Waals surface area (Å²) in [5.41, 5.74) is -1.28. The topological polar surface area (TPSA) is 0 Å². The highest BCUT2D eigenvalue weighted by atomic mass is 19.4. The molecule has 12 heavy (non-hydrogen) atoms. The van der Waals surface area contributed by atoms with Crippen LogP contribution < -0.4 is 0 Å². The van der Waals surface area contributed by atoms with Crippen molar-refractivity contribution >= 4 is 0 Å². The molecule has 0 aromatic carbocycles. The summed E-state index contributed by atoms with van der Waals surface area (Å²) in [6, 6.07) is 0. The first kappa shape index (κ1) is 9.87. The minimum absolute atomic E-state index is 0.328. The summed E-state index contributed by atoms with van der Waals surface area (Å²) < 4.78 is 37.0. The highest BCUT2D eigenvalue weighted by Gasteiger charge is 2.62. The average Bonchev–Trinajstić information content (AvgIpc) is 2.60. The van der Waals surface area contributed by atoms with Gasteiger partial charge >= 0.3 is 6.18 Å². The van der Waals surface area contributed by atoms with Crippen LogP contribution in [0.1, 0.15) is 39.5 Å². The maximum Gasteiger partial charge on any atom is 0.394 e. The normalized spacial score (nSPS) is 21.5. The van der Waals surface area contributed by atoms with Crippen LogP contribution in [0.3, 0.4) is 0 Å². The van der Waals surface area contributed by atoms with E-state index < -0.39 is 11.6 Å². The van der Waals surface area contributed by atoms with Crippen LogP contribution in [0.2, 0.25) is 0 Å². The van der Waals surface area contributed by atoms with E-state index in [1.165, 1.54) is 0 Å². The van der Waals surface area contributed by atoms with Crippen molar-refractivity contribution in [3.63, 3.8) is 0 Å². The molecular weight excluding hydrogens is 165 g/mol. The van der Waals surface area contributed by atoms with Gasteiger partial charge in [0, 0.05) is 0 Å². The molecule has 0 atom stereocenters. The molecule has 1 saturated carbocycles. The molecule has 0 radical (unpaired) electrons. The van der Waals surface area contributed by atoms with Crippen molar-refractivity contribution in [2.75, 3.05) is 0 Å². The van der Waals surface area contributed by atoms with Crippen molar-refractivity contribution in [3.05, 3.63) is 0 Å². The third-order valence-electron chi connectivity index (χ3n) is 2.66. The zero-order chi connectivity index (χ0) is 9.41. The first-order chi connectivity index (χ1) is 5.37. The van der Waals surface area contributed by atoms with Gasteiger partial charge < -0.3 is 0 Å². The van der Waals surface area contributed by atoms with E-state index in [0.29, 0.717) is 31.6 Å². The highest BCUT2D eigenvalue weighted by Crippen LogP contribution is 2.60. The van der Waals surface area contributed by atoms with Crippen LogP contribution in [0.5, 0.6) is 0 Å². The Labute approximate surface area is 71.1 Å². The first-order valence-corrected chi connectivity index (χ1v) is 4.44. The van der Waals surface area contributed by atoms with Gasteiger partial charge in [-0.2, -0.15) is 13.2 Å². The van der Waals surface area contributed by atoms with Crippen LogP contribution in [-0.2, 0) is 0 Å². The third-order valence-corrected chi connectivity index (χ3v) is 2.66. The van der Waals surface area contributed by atoms with Crippen molar-refractivity contribution in [3.8, 4) is 0 Å². The second kappa shape index (κ2) is 2.93. The summed E-state index contributed by atoms with van der Waals surface area (Å²) >= 11 is 0. The van der Waals surface area contributed by atoms with E-state index in [-0.39, 0.29) is 0 Å². The lowest BCUT2D eigenvalue weighted by Crippen LogP contribution is -2.24. The van der Waals surface area contributed by atoms with Crippen LogP contribution in [0, 0.1) is 11.3 Å². The lowest BCUT2D eigenvalue weighted by Gasteiger charge is -2.19. The van der Waals surface area contributed by atoms with Crippen molar-refractivity contribution in [2.24, 2.45) is 11.3 Å². The Morgan fingerprint density at radius 3 is 2.00 bits per heavy atom. The van der Waals surface area contributed by atoms with E-state index in [9.17, 15) is 13.2 Å². The molecule has 0 bridgehead atoms. The molecular formula is C9H15F3. The molecule has 0 amide bonds. The van der Waals surface area contributed by atoms with Crippen molar-refractivity contribution in [2.45, 2.75) is 45.7 Å². The molecule has 0 saturated heterocycles. The van der Waals surface area contributed by atoms with E-state index in [2.05, 4.69) is 0 Å². The van der Waals surface area contributed by atoms with Crippen LogP contribution in [0.25, 0.3) is 0 Å². The van der Waals surface area contributed by atoms with Crippen LogP contribution in [-0.4, -0.2) is 6.18 Å². The third kappa shape index (κ3) is 1.93. The SMILES string of the molecule is CC(C)CCC1(C(F)(F)F)CC1. The molecule has 1 rings (SSSR count). The van der Waals surface area contributed by atoms with Crippen LogP contribution >= 0.6 is 0 Å². The Morgan fingerprint density at radius 2 is 1.75 bits per heavy atom. The Hall–Kier alpha value is -0.210. The number of hydrogen-bond acceptors (Lipinski definition) is 0. The number of halogens is 3. The fraction of sp³-hybridized carbons (Fsp3) is 1.00. The van der Waals surface area contributed by atoms with Gasteiger partial charge in [0.1, 0.15) is 0 Å². The second-order valence-corrected chi connectivity index (χ2v) is 4.21. The predicted molar refractivity (Wildman–Crippen MR) is 41.8 cm³/mol. The summed E-state index contributed by atoms with van der Waals surface area (Å²) in [6.07, 6.45) is -2.23. The molecule has 0 aliphatic heterocycles. The van der Waals surface area contributed by atoms with Crippen LogP contribution in [0.15, 0.2) is 0 Å². The number of alkyl halides is 3. The minimum Gasteiger partial charge on any atom is -0.171 e. The van der Waals surface area contributed by atoms with Gasteiger partial charge in [-0.1, -0.05) is 20.3 Å². The zero-order valence-electron chi connectivity index (χ0n) is 7.54. The van der Waals surface area contributed by atoms with Gasteiger partial charge in [0.15, 0.2) is 0 Å². The lowest BCUT2D eigenvalue weighted by atomic mass is 9.95. The van der Waals surface area contributed by atoms with Gasteiger partial charge in [-0.05, 0) is 25.2 Å². The van der Waals surface area contributed by atoms with Gasteiger partial charge in [-0.25, -0.2) is 0 Å². The van der Waals surface area contributed by atoms with E-state index >= 15 is 0 Å². The number of rotatable bonds is 3. The molecule has 1 fully saturated rings. The largest absolute Gasteiger partial charge is 0.394 e. The molecule has 0 nitrogen and oxygen atoms in total. The van der Waals surface area contributed by atoms with Gasteiger partial charge in [-0.3, -0.25) is 0 Å². The molecule has 0 aromatic rings. The van der Waals surface area contributed by atoms with E-state index in [0.717, 1.165) is 0 Å². The minimum atomic E-state index is -3.96. The van der Waals surface area contributed by atoms with Crippen molar-refractivity contribution < 1.29 is 13.2 Å². The van der Waals surface area contributed by atoms with Crippen molar-refractivity contribution in [1.29, 1.82) is 0 Å². The Balaban J connectivity index is 2.40. The molecule has 0 aromatic heterocycles. The monoisotopic (exact) mass is 180 g/mol. The van der Waals surface area contributed by atoms with Gasteiger partial charge in [-0.15, -0.1) is 0 Å². The maximum absolute atomic E-state index is 12.3. The van der Waals surface area contributed by atoms with Crippen LogP contribution in [0.4, 0.5) is 13.2 Å². The Bertz CT molecular complexity index is 154. The van der Waals surface area contributed by atoms with E-state index in [1.807, 2.05) is 13.8 Å². The Kier molecular flexibility index (Phi) is 2.41. The van der Waals surface area contributed by atoms with Crippen molar-refractivity contribution in [1.82, 2.24) is 0 Å². The molecule has 72 valence electrons. The fourth-order valence-electron chi connectivity index (χ4n) is 1.39. The average molecular weight is 180 g/mol. The summed E-state index contributed by atoms with van der Waals surface area (Å²) in [5, 5.41) is 0. The predicted octanol–water partition coefficient (Wildman–Crippen LogP) is 3.77. The maximum atomic E-state index is 12.3. The molecule has 1 aliphatic carbocycles. The smallest absolute Gasteiger partial charge is 0.171 e. The lowest BCUT2D eigenvalue weighted by molar-refractivity contribution is -0.189. The molecule has 0 heterocycles. The summed E-state index contributed by atoms with van der Waals surface area (Å²) in [6.45, 7) is 3.93. The Morgan fingerprint density at radius 1 is 1.25 bits per heavy atom. The van der Waals surface area contributed by atoms with Gasteiger partial charge in [0.05, 0.1) is 5.41 Å². The standard InChI is InChI=1S/C9H15F3/c1-7(2)3-4-8(5-6-8)9(10,11)12/h7H,3-6H2,1-2H3. The molecule has 0 unspecified atom stereocenters. The van der Waals surface area contributed by atoms with E-state index in [4.69, 9.17) is 0 Å². The molecule has 3 heteroatoms. The first-order valence-electron chi connectivity index (χ1n) is 4.44. The zero-order valence-corrected chi connectivity index (χ0v) is 7.54. The highest BCUT2D eigenvalue weighted by molar-refractivity contribution is 4.98. The molecule has 0 N–H and O–H groups in total. The summed E-state index contributed by atoms with van der Waals surface area (Å²) in [7, 11) is 0. The summed E-state index contributed by atoms with van der Waals surface area (Å²) in [4.78, 5) is 0. The number of hydrogen-bond donors (Lipinski definition) is 0. The fourth-order valence-corrected chi connectivity index (χ4v) is 1.39. The second-order valence-electron chi connectivity index (χ2n) is 4.21. The van der Waals surface area contributed by atoms with Gasteiger partial charge in [0.2, 0.25) is 0 Å². The van der Waals surface area contributed by atoms with Gasteiger partial charge in [0.25, 0.3) is 0 Å². The van der Waals surface area contributed by atoms with E-state index in [1.54, 1.807) is 0 Å². The molecule has 1 aliphatic rings. The summed E-state index contributed by atoms with van der Waals surface area (Å²) in [5.74, 6) is 0.379.